The van der Waals surface area contributed by atoms with Crippen LogP contribution in [0.5, 0.6) is 0 Å². The van der Waals surface area contributed by atoms with Crippen LogP contribution in [0.4, 0.5) is 0 Å². The Morgan fingerprint density at radius 2 is 2.13 bits per heavy atom. The van der Waals surface area contributed by atoms with Crippen LogP contribution in [0.25, 0.3) is 15.7 Å². The number of aromatic nitrogens is 2. The van der Waals surface area contributed by atoms with Gasteiger partial charge in [0.1, 0.15) is 17.1 Å². The number of thiophene rings is 1. The maximum Gasteiger partial charge on any atom is 0.348 e. The first-order valence-corrected chi connectivity index (χ1v) is 8.11. The highest BCUT2D eigenvalue weighted by Gasteiger charge is 2.13. The number of pyridine rings is 1. The number of rotatable bonds is 3. The first kappa shape index (κ1) is 14.0. The van der Waals surface area contributed by atoms with Crippen LogP contribution < -0.4 is 0 Å². The van der Waals surface area contributed by atoms with Crippen LogP contribution in [0.15, 0.2) is 54.9 Å². The summed E-state index contributed by atoms with van der Waals surface area (Å²) in [6.07, 6.45) is 3.83. The largest absolute Gasteiger partial charge is 0.455 e. The number of hydrogen-bond acceptors (Lipinski definition) is 4. The number of carbonyl (C=O) groups is 1. The molecule has 0 N–H and O–H groups in total. The zero-order chi connectivity index (χ0) is 15.8. The Hall–Kier alpha value is -2.66. The molecule has 1 aromatic carbocycles. The van der Waals surface area contributed by atoms with Crippen LogP contribution in [0.2, 0.25) is 0 Å². The highest BCUT2D eigenvalue weighted by atomic mass is 32.1. The van der Waals surface area contributed by atoms with Crippen molar-refractivity contribution in [3.63, 3.8) is 0 Å². The molecule has 0 spiro atoms. The van der Waals surface area contributed by atoms with Gasteiger partial charge in [-0.05, 0) is 36.1 Å². The monoisotopic (exact) mass is 322 g/mol. The van der Waals surface area contributed by atoms with Crippen molar-refractivity contribution >= 4 is 33.0 Å². The van der Waals surface area contributed by atoms with Gasteiger partial charge in [-0.15, -0.1) is 11.3 Å². The predicted octanol–water partition coefficient (Wildman–Crippen LogP) is 4.21. The minimum absolute atomic E-state index is 0.175. The maximum absolute atomic E-state index is 12.2. The van der Waals surface area contributed by atoms with Gasteiger partial charge in [0.05, 0.1) is 5.69 Å². The van der Waals surface area contributed by atoms with Crippen molar-refractivity contribution in [2.45, 2.75) is 13.5 Å². The number of fused-ring (bicyclic) bond motifs is 2. The van der Waals surface area contributed by atoms with Crippen LogP contribution >= 0.6 is 11.3 Å². The third-order valence-electron chi connectivity index (χ3n) is 3.71. The average Bonchev–Trinajstić information content (AvgIpc) is 3.17. The molecule has 3 heterocycles. The Bertz CT molecular complexity index is 983. The number of ether oxygens (including phenoxy) is 1. The molecule has 0 saturated carbocycles. The van der Waals surface area contributed by atoms with Gasteiger partial charge in [-0.1, -0.05) is 24.3 Å². The molecule has 0 bridgehead atoms. The van der Waals surface area contributed by atoms with Gasteiger partial charge >= 0.3 is 5.97 Å². The lowest BCUT2D eigenvalue weighted by atomic mass is 10.2. The highest BCUT2D eigenvalue weighted by molar-refractivity contribution is 7.20. The second-order valence-electron chi connectivity index (χ2n) is 5.38. The SMILES string of the molecule is Cc1cccn2cc(COC(=O)c3cc4ccccc4s3)nc12. The van der Waals surface area contributed by atoms with Gasteiger partial charge in [-0.25, -0.2) is 9.78 Å². The van der Waals surface area contributed by atoms with Crippen LogP contribution in [-0.4, -0.2) is 15.4 Å². The van der Waals surface area contributed by atoms with Crippen LogP contribution in [0.1, 0.15) is 20.9 Å². The Balaban J connectivity index is 1.53. The Kier molecular flexibility index (Phi) is 3.35. The van der Waals surface area contributed by atoms with E-state index in [2.05, 4.69) is 4.98 Å². The molecule has 4 nitrogen and oxygen atoms in total. The minimum Gasteiger partial charge on any atom is -0.455 e. The molecule has 0 aliphatic carbocycles. The minimum atomic E-state index is -0.306. The molecule has 114 valence electrons. The van der Waals surface area contributed by atoms with E-state index in [4.69, 9.17) is 4.74 Å². The lowest BCUT2D eigenvalue weighted by Crippen LogP contribution is -2.03. The summed E-state index contributed by atoms with van der Waals surface area (Å²) in [6, 6.07) is 13.8. The standard InChI is InChI=1S/C18H14N2O2S/c1-12-5-4-8-20-10-14(19-17(12)20)11-22-18(21)16-9-13-6-2-3-7-15(13)23-16/h2-10H,11H2,1H3. The van der Waals surface area contributed by atoms with Crippen molar-refractivity contribution in [3.05, 3.63) is 71.0 Å². The Morgan fingerprint density at radius 1 is 1.26 bits per heavy atom. The van der Waals surface area contributed by atoms with E-state index in [1.165, 1.54) is 11.3 Å². The number of aryl methyl sites for hydroxylation is 1. The van der Waals surface area contributed by atoms with Crippen molar-refractivity contribution in [2.75, 3.05) is 0 Å². The molecule has 0 unspecified atom stereocenters. The molecule has 4 aromatic rings. The molecule has 0 amide bonds. The second kappa shape index (κ2) is 5.52. The number of imidazole rings is 1. The van der Waals surface area contributed by atoms with Gasteiger partial charge in [0.2, 0.25) is 0 Å². The summed E-state index contributed by atoms with van der Waals surface area (Å²) in [5.74, 6) is -0.306. The summed E-state index contributed by atoms with van der Waals surface area (Å²) in [6.45, 7) is 2.18. The maximum atomic E-state index is 12.2. The second-order valence-corrected chi connectivity index (χ2v) is 6.46. The molecular weight excluding hydrogens is 308 g/mol. The number of esters is 1. The van der Waals surface area contributed by atoms with E-state index in [-0.39, 0.29) is 12.6 Å². The lowest BCUT2D eigenvalue weighted by molar-refractivity contribution is 0.0474. The van der Waals surface area contributed by atoms with Crippen molar-refractivity contribution in [1.82, 2.24) is 9.38 Å². The molecule has 0 radical (unpaired) electrons. The average molecular weight is 322 g/mol. The smallest absolute Gasteiger partial charge is 0.348 e. The van der Waals surface area contributed by atoms with Crippen LogP contribution in [0, 0.1) is 6.92 Å². The van der Waals surface area contributed by atoms with Crippen LogP contribution in [0.3, 0.4) is 0 Å². The Morgan fingerprint density at radius 3 is 2.96 bits per heavy atom. The normalized spacial score (nSPS) is 11.2. The fourth-order valence-electron chi connectivity index (χ4n) is 2.57. The van der Waals surface area contributed by atoms with E-state index >= 15 is 0 Å². The molecule has 0 saturated heterocycles. The zero-order valence-electron chi connectivity index (χ0n) is 12.5. The van der Waals surface area contributed by atoms with Crippen molar-refractivity contribution in [2.24, 2.45) is 0 Å². The van der Waals surface area contributed by atoms with Gasteiger partial charge in [-0.2, -0.15) is 0 Å². The Labute approximate surface area is 137 Å². The fraction of sp³-hybridized carbons (Fsp3) is 0.111. The summed E-state index contributed by atoms with van der Waals surface area (Å²) in [7, 11) is 0. The van der Waals surface area contributed by atoms with Gasteiger partial charge in [0, 0.05) is 17.1 Å². The number of nitrogens with zero attached hydrogens (tertiary/aromatic N) is 2. The molecular formula is C18H14N2O2S. The highest BCUT2D eigenvalue weighted by Crippen LogP contribution is 2.26. The summed E-state index contributed by atoms with van der Waals surface area (Å²) >= 11 is 1.45. The van der Waals surface area contributed by atoms with Crippen molar-refractivity contribution < 1.29 is 9.53 Å². The summed E-state index contributed by atoms with van der Waals surface area (Å²) in [5, 5.41) is 1.06. The van der Waals surface area contributed by atoms with E-state index in [1.54, 1.807) is 0 Å². The molecule has 3 aromatic heterocycles. The first-order chi connectivity index (χ1) is 11.2. The lowest BCUT2D eigenvalue weighted by Gasteiger charge is -1.99. The molecule has 23 heavy (non-hydrogen) atoms. The predicted molar refractivity (Wildman–Crippen MR) is 90.9 cm³/mol. The number of benzene rings is 1. The molecule has 0 atom stereocenters. The topological polar surface area (TPSA) is 43.6 Å². The van der Waals surface area contributed by atoms with E-state index < -0.39 is 0 Å². The molecule has 0 fully saturated rings. The summed E-state index contributed by atoms with van der Waals surface area (Å²) in [4.78, 5) is 17.3. The quantitative estimate of drug-likeness (QED) is 0.531. The van der Waals surface area contributed by atoms with E-state index in [0.717, 1.165) is 27.0 Å². The molecule has 0 aliphatic heterocycles. The number of carbonyl (C=O) groups excluding carboxylic acids is 1. The van der Waals surface area contributed by atoms with Crippen molar-refractivity contribution in [1.29, 1.82) is 0 Å². The van der Waals surface area contributed by atoms with Gasteiger partial charge < -0.3 is 9.14 Å². The zero-order valence-corrected chi connectivity index (χ0v) is 13.3. The van der Waals surface area contributed by atoms with Gasteiger partial charge in [0.25, 0.3) is 0 Å². The molecule has 0 aliphatic rings. The van der Waals surface area contributed by atoms with E-state index in [9.17, 15) is 4.79 Å². The van der Waals surface area contributed by atoms with Crippen molar-refractivity contribution in [3.8, 4) is 0 Å². The third-order valence-corrected chi connectivity index (χ3v) is 4.80. The first-order valence-electron chi connectivity index (χ1n) is 7.29. The fourth-order valence-corrected chi connectivity index (χ4v) is 3.52. The van der Waals surface area contributed by atoms with E-state index in [0.29, 0.717) is 4.88 Å². The summed E-state index contributed by atoms with van der Waals surface area (Å²) < 4.78 is 8.44. The molecule has 5 heteroatoms. The van der Waals surface area contributed by atoms with Crippen LogP contribution in [-0.2, 0) is 11.3 Å². The van der Waals surface area contributed by atoms with E-state index in [1.807, 2.05) is 66.2 Å². The number of hydrogen-bond donors (Lipinski definition) is 0. The molecule has 4 rings (SSSR count). The summed E-state index contributed by atoms with van der Waals surface area (Å²) in [5.41, 5.74) is 2.73. The third kappa shape index (κ3) is 2.59. The van der Waals surface area contributed by atoms with Gasteiger partial charge in [-0.3, -0.25) is 0 Å². The van der Waals surface area contributed by atoms with Gasteiger partial charge in [0.15, 0.2) is 0 Å².